The summed E-state index contributed by atoms with van der Waals surface area (Å²) >= 11 is 0. The second-order valence-corrected chi connectivity index (χ2v) is 6.90. The van der Waals surface area contributed by atoms with Crippen molar-refractivity contribution in [2.24, 2.45) is 0 Å². The minimum atomic E-state index is -0.138. The highest BCUT2D eigenvalue weighted by atomic mass is 16.1. The number of nitrogens with zero attached hydrogens (tertiary/aromatic N) is 2. The number of amides is 1. The van der Waals surface area contributed by atoms with Gasteiger partial charge in [0.15, 0.2) is 0 Å². The van der Waals surface area contributed by atoms with E-state index in [9.17, 15) is 4.79 Å². The van der Waals surface area contributed by atoms with E-state index < -0.39 is 0 Å². The lowest BCUT2D eigenvalue weighted by Crippen LogP contribution is -2.26. The molecular weight excluding hydrogens is 336 g/mol. The normalized spacial score (nSPS) is 13.7. The minimum Gasteiger partial charge on any atom is -0.354 e. The maximum atomic E-state index is 12.3. The van der Waals surface area contributed by atoms with Crippen molar-refractivity contribution in [2.45, 2.75) is 44.9 Å². The Balaban J connectivity index is 1.40. The molecule has 0 atom stereocenters. The fraction of sp³-hybridized carbons (Fsp3) is 0.409. The van der Waals surface area contributed by atoms with E-state index in [0.717, 1.165) is 25.8 Å². The van der Waals surface area contributed by atoms with Crippen LogP contribution in [0.4, 0.5) is 5.95 Å². The van der Waals surface area contributed by atoms with Crippen molar-refractivity contribution in [1.29, 1.82) is 0 Å². The predicted octanol–water partition coefficient (Wildman–Crippen LogP) is 4.14. The first-order valence-corrected chi connectivity index (χ1v) is 9.88. The van der Waals surface area contributed by atoms with Crippen LogP contribution in [0.1, 0.15) is 54.6 Å². The SMILES string of the molecule is O=C(NCCC1=CCCCC1)c1ccnc(NCCCc2ccccc2)n1. The molecule has 1 aliphatic carbocycles. The molecular formula is C22H28N4O. The summed E-state index contributed by atoms with van der Waals surface area (Å²) in [7, 11) is 0. The Morgan fingerprint density at radius 1 is 1.04 bits per heavy atom. The molecule has 5 nitrogen and oxygen atoms in total. The molecule has 0 spiro atoms. The van der Waals surface area contributed by atoms with Gasteiger partial charge in [0, 0.05) is 19.3 Å². The Bertz CT molecular complexity index is 758. The molecule has 1 aliphatic rings. The van der Waals surface area contributed by atoms with Crippen LogP contribution >= 0.6 is 0 Å². The third-order valence-electron chi connectivity index (χ3n) is 4.77. The van der Waals surface area contributed by atoms with Crippen molar-refractivity contribution in [1.82, 2.24) is 15.3 Å². The smallest absolute Gasteiger partial charge is 0.270 e. The van der Waals surface area contributed by atoms with Crippen LogP contribution in [0, 0.1) is 0 Å². The van der Waals surface area contributed by atoms with E-state index in [1.807, 2.05) is 6.07 Å². The second-order valence-electron chi connectivity index (χ2n) is 6.90. The Hall–Kier alpha value is -2.69. The number of benzene rings is 1. The molecule has 0 bridgehead atoms. The molecule has 0 saturated heterocycles. The number of anilines is 1. The molecule has 0 aliphatic heterocycles. The number of hydrogen-bond donors (Lipinski definition) is 2. The largest absolute Gasteiger partial charge is 0.354 e. The summed E-state index contributed by atoms with van der Waals surface area (Å²) in [5.41, 5.74) is 3.19. The zero-order valence-electron chi connectivity index (χ0n) is 15.8. The van der Waals surface area contributed by atoms with Gasteiger partial charge < -0.3 is 10.6 Å². The quantitative estimate of drug-likeness (QED) is 0.518. The minimum absolute atomic E-state index is 0.138. The van der Waals surface area contributed by atoms with Crippen molar-refractivity contribution in [3.8, 4) is 0 Å². The van der Waals surface area contributed by atoms with Crippen LogP contribution in [0.15, 0.2) is 54.2 Å². The molecule has 0 fully saturated rings. The van der Waals surface area contributed by atoms with Gasteiger partial charge in [0.1, 0.15) is 5.69 Å². The maximum Gasteiger partial charge on any atom is 0.270 e. The zero-order chi connectivity index (χ0) is 18.7. The van der Waals surface area contributed by atoms with Gasteiger partial charge in [-0.2, -0.15) is 0 Å². The molecule has 1 aromatic carbocycles. The number of nitrogens with one attached hydrogen (secondary N) is 2. The summed E-state index contributed by atoms with van der Waals surface area (Å²) < 4.78 is 0. The molecule has 2 aromatic rings. The second kappa shape index (κ2) is 10.5. The molecule has 2 N–H and O–H groups in total. The number of aromatic nitrogens is 2. The predicted molar refractivity (Wildman–Crippen MR) is 109 cm³/mol. The van der Waals surface area contributed by atoms with E-state index >= 15 is 0 Å². The number of aryl methyl sites for hydroxylation is 1. The van der Waals surface area contributed by atoms with Gasteiger partial charge in [-0.1, -0.05) is 42.0 Å². The van der Waals surface area contributed by atoms with Crippen LogP contribution in [0.5, 0.6) is 0 Å². The Morgan fingerprint density at radius 2 is 1.93 bits per heavy atom. The van der Waals surface area contributed by atoms with Crippen LogP contribution in [-0.4, -0.2) is 29.0 Å². The van der Waals surface area contributed by atoms with Crippen LogP contribution < -0.4 is 10.6 Å². The number of carbonyl (C=O) groups is 1. The van der Waals surface area contributed by atoms with Crippen molar-refractivity contribution in [3.63, 3.8) is 0 Å². The highest BCUT2D eigenvalue weighted by molar-refractivity contribution is 5.92. The van der Waals surface area contributed by atoms with Gasteiger partial charge in [-0.25, -0.2) is 9.97 Å². The van der Waals surface area contributed by atoms with Gasteiger partial charge in [0.05, 0.1) is 0 Å². The van der Waals surface area contributed by atoms with Gasteiger partial charge in [-0.15, -0.1) is 0 Å². The first kappa shape index (κ1) is 19.1. The van der Waals surface area contributed by atoms with E-state index in [4.69, 9.17) is 0 Å². The molecule has 1 amide bonds. The van der Waals surface area contributed by atoms with Crippen molar-refractivity contribution in [3.05, 3.63) is 65.5 Å². The summed E-state index contributed by atoms with van der Waals surface area (Å²) in [6.07, 6.45) is 11.8. The van der Waals surface area contributed by atoms with Crippen molar-refractivity contribution >= 4 is 11.9 Å². The van der Waals surface area contributed by atoms with Crippen LogP contribution in [0.25, 0.3) is 0 Å². The summed E-state index contributed by atoms with van der Waals surface area (Å²) in [6.45, 7) is 1.43. The van der Waals surface area contributed by atoms with Crippen molar-refractivity contribution in [2.75, 3.05) is 18.4 Å². The fourth-order valence-electron chi connectivity index (χ4n) is 3.27. The molecule has 3 rings (SSSR count). The van der Waals surface area contributed by atoms with Crippen LogP contribution in [0.3, 0.4) is 0 Å². The topological polar surface area (TPSA) is 66.9 Å². The summed E-state index contributed by atoms with van der Waals surface area (Å²) in [5.74, 6) is 0.367. The maximum absolute atomic E-state index is 12.3. The lowest BCUT2D eigenvalue weighted by Gasteiger charge is -2.13. The number of carbonyl (C=O) groups excluding carboxylic acids is 1. The van der Waals surface area contributed by atoms with Crippen LogP contribution in [-0.2, 0) is 6.42 Å². The Morgan fingerprint density at radius 3 is 2.74 bits per heavy atom. The van der Waals surface area contributed by atoms with Gasteiger partial charge in [-0.3, -0.25) is 4.79 Å². The molecule has 0 radical (unpaired) electrons. The fourth-order valence-corrected chi connectivity index (χ4v) is 3.27. The molecule has 5 heteroatoms. The van der Waals surface area contributed by atoms with Gasteiger partial charge in [0.2, 0.25) is 5.95 Å². The highest BCUT2D eigenvalue weighted by Gasteiger charge is 2.09. The van der Waals surface area contributed by atoms with E-state index in [0.29, 0.717) is 18.2 Å². The van der Waals surface area contributed by atoms with E-state index in [1.54, 1.807) is 12.3 Å². The first-order chi connectivity index (χ1) is 13.3. The van der Waals surface area contributed by atoms with Crippen molar-refractivity contribution < 1.29 is 4.79 Å². The molecule has 0 saturated carbocycles. The lowest BCUT2D eigenvalue weighted by atomic mass is 9.97. The third-order valence-corrected chi connectivity index (χ3v) is 4.77. The van der Waals surface area contributed by atoms with Gasteiger partial charge >= 0.3 is 0 Å². The third kappa shape index (κ3) is 6.51. The summed E-state index contributed by atoms with van der Waals surface area (Å²) in [6, 6.07) is 12.1. The summed E-state index contributed by atoms with van der Waals surface area (Å²) in [5, 5.41) is 6.17. The molecule has 142 valence electrons. The Kier molecular flexibility index (Phi) is 7.39. The number of allylic oxidation sites excluding steroid dienone is 1. The van der Waals surface area contributed by atoms with E-state index in [-0.39, 0.29) is 5.91 Å². The van der Waals surface area contributed by atoms with Gasteiger partial charge in [-0.05, 0) is 56.6 Å². The highest BCUT2D eigenvalue weighted by Crippen LogP contribution is 2.19. The lowest BCUT2D eigenvalue weighted by molar-refractivity contribution is 0.0949. The average Bonchev–Trinajstić information content (AvgIpc) is 2.73. The van der Waals surface area contributed by atoms with Crippen LogP contribution in [0.2, 0.25) is 0 Å². The summed E-state index contributed by atoms with van der Waals surface area (Å²) in [4.78, 5) is 20.8. The first-order valence-electron chi connectivity index (χ1n) is 9.88. The molecule has 27 heavy (non-hydrogen) atoms. The monoisotopic (exact) mass is 364 g/mol. The Labute approximate surface area is 161 Å². The van der Waals surface area contributed by atoms with E-state index in [2.05, 4.69) is 50.9 Å². The molecule has 0 unspecified atom stereocenters. The zero-order valence-corrected chi connectivity index (χ0v) is 15.8. The number of hydrogen-bond acceptors (Lipinski definition) is 4. The average molecular weight is 364 g/mol. The standard InChI is InChI=1S/C22H28N4O/c27-21(23-16-13-19-10-5-2-6-11-19)20-14-17-25-22(26-20)24-15-7-12-18-8-3-1-4-9-18/h1,3-4,8-10,14,17H,2,5-7,11-13,15-16H2,(H,23,27)(H,24,25,26). The molecule has 1 aromatic heterocycles. The number of rotatable bonds is 9. The van der Waals surface area contributed by atoms with E-state index in [1.165, 1.54) is 36.8 Å². The molecule has 1 heterocycles. The van der Waals surface area contributed by atoms with Gasteiger partial charge in [0.25, 0.3) is 5.91 Å².